The first-order chi connectivity index (χ1) is 14.6. The number of hydrogen-bond donors (Lipinski definition) is 3. The van der Waals surface area contributed by atoms with Crippen molar-refractivity contribution in [3.63, 3.8) is 0 Å². The second-order valence-electron chi connectivity index (χ2n) is 8.19. The van der Waals surface area contributed by atoms with Gasteiger partial charge in [-0.1, -0.05) is 50.5 Å². The maximum absolute atomic E-state index is 10.2. The van der Waals surface area contributed by atoms with Crippen molar-refractivity contribution in [1.82, 2.24) is 10.4 Å². The number of para-hydroxylation sites is 1. The molecule has 1 unspecified atom stereocenters. The summed E-state index contributed by atoms with van der Waals surface area (Å²) in [5.74, 6) is 0.985. The molecule has 0 saturated carbocycles. The van der Waals surface area contributed by atoms with Crippen LogP contribution in [0.2, 0.25) is 0 Å². The second-order valence-corrected chi connectivity index (χ2v) is 8.19. The normalized spacial score (nSPS) is 14.9. The van der Waals surface area contributed by atoms with E-state index in [-0.39, 0.29) is 36.3 Å². The number of aromatic hydroxyl groups is 2. The van der Waals surface area contributed by atoms with Gasteiger partial charge in [-0.25, -0.2) is 5.01 Å². The summed E-state index contributed by atoms with van der Waals surface area (Å²) in [6, 6.07) is 12.2. The zero-order valence-corrected chi connectivity index (χ0v) is 20.8. The third-order valence-corrected chi connectivity index (χ3v) is 6.14. The van der Waals surface area contributed by atoms with Crippen molar-refractivity contribution >= 4 is 24.8 Å². The zero-order valence-electron chi connectivity index (χ0n) is 19.2. The van der Waals surface area contributed by atoms with E-state index in [0.29, 0.717) is 6.04 Å². The molecule has 2 aromatic rings. The van der Waals surface area contributed by atoms with Gasteiger partial charge in [-0.05, 0) is 55.4 Å². The predicted molar refractivity (Wildman–Crippen MR) is 136 cm³/mol. The molecule has 0 amide bonds. The zero-order chi connectivity index (χ0) is 21.3. The van der Waals surface area contributed by atoms with Gasteiger partial charge < -0.3 is 14.9 Å². The lowest BCUT2D eigenvalue weighted by molar-refractivity contribution is 0.109. The summed E-state index contributed by atoms with van der Waals surface area (Å²) < 4.78 is 5.49. The van der Waals surface area contributed by atoms with Crippen LogP contribution in [0.25, 0.3) is 0 Å². The van der Waals surface area contributed by atoms with Crippen LogP contribution < -0.4 is 10.2 Å². The number of nitrogens with zero attached hydrogens (tertiary/aromatic N) is 1. The van der Waals surface area contributed by atoms with Crippen LogP contribution in [-0.2, 0) is 19.3 Å². The highest BCUT2D eigenvalue weighted by molar-refractivity contribution is 5.85. The van der Waals surface area contributed by atoms with Gasteiger partial charge in [-0.15, -0.1) is 24.8 Å². The van der Waals surface area contributed by atoms with Gasteiger partial charge in [-0.2, -0.15) is 0 Å². The Morgan fingerprint density at radius 3 is 2.59 bits per heavy atom. The van der Waals surface area contributed by atoms with Gasteiger partial charge in [0.25, 0.3) is 0 Å². The molecule has 3 rings (SSSR count). The highest BCUT2D eigenvalue weighted by Gasteiger charge is 2.26. The summed E-state index contributed by atoms with van der Waals surface area (Å²) in [6.07, 6.45) is 8.50. The largest absolute Gasteiger partial charge is 0.504 e. The Balaban J connectivity index is 0.00000256. The standard InChI is InChI=1S/C25H36N2O3.2ClH/c1-3-4-5-8-17-27(26-16-15-19-9-6-7-10-24(19)30-2)21-12-13-22-20(18-21)11-14-23(28)25(22)29;;/h6-7,9-11,14,21,26,28-29H,3-5,8,12-13,15-18H2,1-2H3;2*1H. The molecular formula is C25H38Cl2N2O3. The summed E-state index contributed by atoms with van der Waals surface area (Å²) in [4.78, 5) is 0. The fraction of sp³-hybridized carbons (Fsp3) is 0.520. The molecule has 0 fully saturated rings. The molecule has 3 N–H and O–H groups in total. The number of halogens is 2. The first kappa shape index (κ1) is 28.4. The van der Waals surface area contributed by atoms with Crippen LogP contribution in [0.1, 0.15) is 55.7 Å². The summed E-state index contributed by atoms with van der Waals surface area (Å²) in [5, 5.41) is 22.4. The molecule has 1 aliphatic carbocycles. The topological polar surface area (TPSA) is 65.0 Å². The van der Waals surface area contributed by atoms with Gasteiger partial charge >= 0.3 is 0 Å². The highest BCUT2D eigenvalue weighted by atomic mass is 35.5. The van der Waals surface area contributed by atoms with Gasteiger partial charge in [-0.3, -0.25) is 5.43 Å². The first-order valence-corrected chi connectivity index (χ1v) is 11.3. The van der Waals surface area contributed by atoms with E-state index in [1.165, 1.54) is 31.2 Å². The van der Waals surface area contributed by atoms with Crippen LogP contribution in [0, 0.1) is 0 Å². The predicted octanol–water partition coefficient (Wildman–Crippen LogP) is 5.44. The van der Waals surface area contributed by atoms with Crippen LogP contribution in [0.4, 0.5) is 0 Å². The average Bonchev–Trinajstić information content (AvgIpc) is 2.78. The van der Waals surface area contributed by atoms with Gasteiger partial charge in [0.15, 0.2) is 11.5 Å². The molecule has 0 heterocycles. The number of phenolic OH excluding ortho intramolecular Hbond substituents is 2. The van der Waals surface area contributed by atoms with E-state index in [1.54, 1.807) is 13.2 Å². The molecular weight excluding hydrogens is 447 g/mol. The van der Waals surface area contributed by atoms with Crippen molar-refractivity contribution < 1.29 is 14.9 Å². The number of hydrazine groups is 1. The molecule has 180 valence electrons. The monoisotopic (exact) mass is 484 g/mol. The Kier molecular flexibility index (Phi) is 12.8. The highest BCUT2D eigenvalue weighted by Crippen LogP contribution is 2.36. The Labute approximate surface area is 205 Å². The maximum atomic E-state index is 10.2. The van der Waals surface area contributed by atoms with E-state index in [4.69, 9.17) is 4.74 Å². The smallest absolute Gasteiger partial charge is 0.160 e. The Hall–Kier alpha value is -1.66. The average molecular weight is 485 g/mol. The van der Waals surface area contributed by atoms with E-state index in [2.05, 4.69) is 29.5 Å². The quantitative estimate of drug-likeness (QED) is 0.225. The number of rotatable bonds is 11. The third kappa shape index (κ3) is 7.45. The van der Waals surface area contributed by atoms with E-state index in [9.17, 15) is 10.2 Å². The minimum absolute atomic E-state index is 0. The summed E-state index contributed by atoms with van der Waals surface area (Å²) >= 11 is 0. The van der Waals surface area contributed by atoms with Crippen LogP contribution in [0.5, 0.6) is 17.2 Å². The lowest BCUT2D eigenvalue weighted by Gasteiger charge is -2.36. The van der Waals surface area contributed by atoms with E-state index in [0.717, 1.165) is 55.6 Å². The molecule has 0 aliphatic heterocycles. The number of methoxy groups -OCH3 is 1. The molecule has 5 nitrogen and oxygen atoms in total. The number of benzene rings is 2. The van der Waals surface area contributed by atoms with E-state index >= 15 is 0 Å². The number of phenols is 2. The summed E-state index contributed by atoms with van der Waals surface area (Å²) in [6.45, 7) is 4.12. The van der Waals surface area contributed by atoms with Crippen LogP contribution in [-0.4, -0.2) is 41.5 Å². The van der Waals surface area contributed by atoms with Gasteiger partial charge in [0.2, 0.25) is 0 Å². The lowest BCUT2D eigenvalue weighted by atomic mass is 9.87. The molecule has 0 spiro atoms. The van der Waals surface area contributed by atoms with Crippen molar-refractivity contribution in [2.24, 2.45) is 0 Å². The number of hydrogen-bond acceptors (Lipinski definition) is 5. The second kappa shape index (κ2) is 14.5. The molecule has 0 radical (unpaired) electrons. The van der Waals surface area contributed by atoms with Crippen LogP contribution in [0.3, 0.4) is 0 Å². The van der Waals surface area contributed by atoms with E-state index < -0.39 is 0 Å². The molecule has 0 bridgehead atoms. The lowest BCUT2D eigenvalue weighted by Crippen LogP contribution is -2.49. The summed E-state index contributed by atoms with van der Waals surface area (Å²) in [5.41, 5.74) is 6.96. The number of fused-ring (bicyclic) bond motifs is 1. The first-order valence-electron chi connectivity index (χ1n) is 11.3. The fourth-order valence-electron chi connectivity index (χ4n) is 4.41. The molecule has 1 aliphatic rings. The minimum atomic E-state index is -0.0152. The molecule has 0 aromatic heterocycles. The van der Waals surface area contributed by atoms with Crippen molar-refractivity contribution in [2.75, 3.05) is 20.2 Å². The fourth-order valence-corrected chi connectivity index (χ4v) is 4.41. The van der Waals surface area contributed by atoms with Crippen molar-refractivity contribution in [1.29, 1.82) is 0 Å². The molecule has 7 heteroatoms. The minimum Gasteiger partial charge on any atom is -0.504 e. The van der Waals surface area contributed by atoms with Crippen molar-refractivity contribution in [3.8, 4) is 17.2 Å². The van der Waals surface area contributed by atoms with Crippen molar-refractivity contribution in [2.45, 2.75) is 64.3 Å². The van der Waals surface area contributed by atoms with Crippen LogP contribution in [0.15, 0.2) is 36.4 Å². The van der Waals surface area contributed by atoms with Crippen molar-refractivity contribution in [3.05, 3.63) is 53.1 Å². The maximum Gasteiger partial charge on any atom is 0.160 e. The molecule has 0 saturated heterocycles. The summed E-state index contributed by atoms with van der Waals surface area (Å²) in [7, 11) is 1.72. The Morgan fingerprint density at radius 1 is 1.06 bits per heavy atom. The molecule has 2 aromatic carbocycles. The number of ether oxygens (including phenoxy) is 1. The number of unbranched alkanes of at least 4 members (excludes halogenated alkanes) is 3. The third-order valence-electron chi connectivity index (χ3n) is 6.14. The van der Waals surface area contributed by atoms with Gasteiger partial charge in [0, 0.05) is 24.7 Å². The Morgan fingerprint density at radius 2 is 1.84 bits per heavy atom. The van der Waals surface area contributed by atoms with Gasteiger partial charge in [0.1, 0.15) is 5.75 Å². The van der Waals surface area contributed by atoms with Gasteiger partial charge in [0.05, 0.1) is 7.11 Å². The van der Waals surface area contributed by atoms with Crippen LogP contribution >= 0.6 is 24.8 Å². The van der Waals surface area contributed by atoms with E-state index in [1.807, 2.05) is 18.2 Å². The SMILES string of the molecule is CCCCCCN(NCCc1ccccc1OC)C1CCc2c(ccc(O)c2O)C1.Cl.Cl. The molecule has 32 heavy (non-hydrogen) atoms. The molecule has 1 atom stereocenters. The number of nitrogens with one attached hydrogen (secondary N) is 1. The Bertz CT molecular complexity index is 820.